The number of ether oxygens (including phenoxy) is 1. The molecule has 5 N–H and O–H groups in total. The van der Waals surface area contributed by atoms with Crippen LogP contribution in [0, 0.1) is 11.8 Å². The lowest BCUT2D eigenvalue weighted by Crippen LogP contribution is -2.52. The SMILES string of the molecule is CC(C)C(O)C(=O)N[C@H]1Cc2ccc3c(c2)C2(c4cccc(Br)c4NC2O3)c2oc(nc2C(=O)O)[C@H](C(C)C)NC1=O. The zero-order valence-electron chi connectivity index (χ0n) is 23.4. The zero-order chi connectivity index (χ0) is 30.1. The number of amides is 2. The third kappa shape index (κ3) is 4.18. The first-order valence-corrected chi connectivity index (χ1v) is 14.6. The highest BCUT2D eigenvalue weighted by atomic mass is 79.9. The number of carbonyl (C=O) groups is 3. The van der Waals surface area contributed by atoms with Gasteiger partial charge in [-0.3, -0.25) is 9.59 Å². The van der Waals surface area contributed by atoms with Gasteiger partial charge in [0.1, 0.15) is 29.4 Å². The molecule has 4 heterocycles. The Balaban J connectivity index is 1.60. The van der Waals surface area contributed by atoms with Crippen LogP contribution in [0.1, 0.15) is 72.6 Å². The number of fused-ring (bicyclic) bond motifs is 4. The van der Waals surface area contributed by atoms with Gasteiger partial charge in [0.05, 0.1) is 5.69 Å². The first kappa shape index (κ1) is 28.2. The second kappa shape index (κ2) is 10.1. The highest BCUT2D eigenvalue weighted by molar-refractivity contribution is 9.10. The number of halogens is 1. The van der Waals surface area contributed by atoms with Crippen LogP contribution >= 0.6 is 15.9 Å². The molecule has 3 aromatic rings. The molecule has 0 radical (unpaired) electrons. The molecule has 3 unspecified atom stereocenters. The highest BCUT2D eigenvalue weighted by Crippen LogP contribution is 2.59. The summed E-state index contributed by atoms with van der Waals surface area (Å²) in [5.74, 6) is -2.42. The molecule has 1 aromatic heterocycles. The van der Waals surface area contributed by atoms with Crippen molar-refractivity contribution >= 4 is 39.4 Å². The topological polar surface area (TPSA) is 163 Å². The predicted octanol–water partition coefficient (Wildman–Crippen LogP) is 3.48. The predicted molar refractivity (Wildman–Crippen MR) is 154 cm³/mol. The normalized spacial score (nSPS) is 24.5. The number of nitrogens with zero attached hydrogens (tertiary/aromatic N) is 1. The molecule has 3 aliphatic rings. The third-order valence-electron chi connectivity index (χ3n) is 8.23. The lowest BCUT2D eigenvalue weighted by Gasteiger charge is -2.29. The Hall–Kier alpha value is -3.90. The minimum Gasteiger partial charge on any atom is -0.476 e. The molecule has 3 aliphatic heterocycles. The van der Waals surface area contributed by atoms with Crippen LogP contribution in [0.4, 0.5) is 5.69 Å². The van der Waals surface area contributed by atoms with E-state index in [2.05, 4.69) is 36.9 Å². The Bertz CT molecular complexity index is 1620. The number of anilines is 1. The van der Waals surface area contributed by atoms with Gasteiger partial charge in [-0.2, -0.15) is 0 Å². The van der Waals surface area contributed by atoms with Gasteiger partial charge >= 0.3 is 5.97 Å². The van der Waals surface area contributed by atoms with Crippen LogP contribution in [0.5, 0.6) is 5.75 Å². The van der Waals surface area contributed by atoms with E-state index in [-0.39, 0.29) is 35.6 Å². The van der Waals surface area contributed by atoms with Gasteiger partial charge in [-0.05, 0) is 45.5 Å². The van der Waals surface area contributed by atoms with E-state index in [1.165, 1.54) is 0 Å². The molecule has 0 fully saturated rings. The number of aliphatic hydroxyl groups is 1. The molecule has 1 spiro atoms. The Morgan fingerprint density at radius 2 is 1.90 bits per heavy atom. The number of hydrogen-bond donors (Lipinski definition) is 5. The van der Waals surface area contributed by atoms with E-state index in [1.54, 1.807) is 26.0 Å². The van der Waals surface area contributed by atoms with Gasteiger partial charge in [0.2, 0.25) is 17.7 Å². The minimum absolute atomic E-state index is 0.0276. The van der Waals surface area contributed by atoms with E-state index in [9.17, 15) is 24.6 Å². The summed E-state index contributed by atoms with van der Waals surface area (Å²) in [5.41, 5.74) is 1.32. The number of oxazole rings is 1. The molecular weight excluding hydrogens is 608 g/mol. The molecular formula is C30H31BrN4O7. The smallest absolute Gasteiger partial charge is 0.358 e. The number of nitrogens with one attached hydrogen (secondary N) is 3. The molecule has 42 heavy (non-hydrogen) atoms. The van der Waals surface area contributed by atoms with Crippen molar-refractivity contribution in [2.75, 3.05) is 5.32 Å². The molecule has 11 nitrogen and oxygen atoms in total. The maximum Gasteiger partial charge on any atom is 0.358 e. The molecule has 12 heteroatoms. The summed E-state index contributed by atoms with van der Waals surface area (Å²) in [6, 6.07) is 9.20. The Morgan fingerprint density at radius 3 is 2.60 bits per heavy atom. The summed E-state index contributed by atoms with van der Waals surface area (Å²) >= 11 is 3.61. The fourth-order valence-electron chi connectivity index (χ4n) is 6.04. The van der Waals surface area contributed by atoms with Gasteiger partial charge in [0, 0.05) is 22.0 Å². The fourth-order valence-corrected chi connectivity index (χ4v) is 6.52. The number of rotatable bonds is 5. The van der Waals surface area contributed by atoms with E-state index in [0.29, 0.717) is 16.9 Å². The molecule has 0 saturated heterocycles. The standard InChI is InChI=1S/C30H31BrN4O7/c1-12(2)20-27-34-22(28(39)40)24(42-27)30-15-6-5-7-17(31)21(15)35-29(30)41-19-9-8-14(10-16(19)30)11-18(25(37)33-20)32-26(38)23(36)13(3)4/h5-10,12-13,18,20,23,29,35-36H,11H2,1-4H3,(H,32,38)(H,33,37)(H,39,40)/t18-,20-,23?,29?,30?/m0/s1. The lowest BCUT2D eigenvalue weighted by molar-refractivity contribution is -0.135. The average molecular weight is 640 g/mol. The van der Waals surface area contributed by atoms with Crippen molar-refractivity contribution in [3.8, 4) is 5.75 Å². The number of aromatic carboxylic acids is 1. The minimum atomic E-state index is -1.30. The van der Waals surface area contributed by atoms with E-state index in [1.807, 2.05) is 38.1 Å². The van der Waals surface area contributed by atoms with Gasteiger partial charge in [-0.1, -0.05) is 52.0 Å². The van der Waals surface area contributed by atoms with Crippen LogP contribution in [0.15, 0.2) is 45.3 Å². The second-order valence-electron chi connectivity index (χ2n) is 11.7. The van der Waals surface area contributed by atoms with Crippen LogP contribution in [0.25, 0.3) is 0 Å². The molecule has 0 saturated carbocycles. The van der Waals surface area contributed by atoms with E-state index in [0.717, 1.165) is 15.7 Å². The Kier molecular flexibility index (Phi) is 6.81. The number of para-hydroxylation sites is 1. The molecule has 0 aliphatic carbocycles. The van der Waals surface area contributed by atoms with Crippen LogP contribution < -0.4 is 20.7 Å². The van der Waals surface area contributed by atoms with Gasteiger partial charge in [-0.25, -0.2) is 9.78 Å². The maximum absolute atomic E-state index is 13.7. The third-order valence-corrected chi connectivity index (χ3v) is 8.89. The van der Waals surface area contributed by atoms with Crippen molar-refractivity contribution in [1.82, 2.24) is 15.6 Å². The van der Waals surface area contributed by atoms with Crippen LogP contribution in [-0.2, 0) is 21.4 Å². The molecule has 6 rings (SSSR count). The summed E-state index contributed by atoms with van der Waals surface area (Å²) in [4.78, 5) is 43.7. The number of benzene rings is 2. The first-order valence-electron chi connectivity index (χ1n) is 13.8. The zero-order valence-corrected chi connectivity index (χ0v) is 25.0. The van der Waals surface area contributed by atoms with Crippen molar-refractivity contribution in [3.05, 3.63) is 74.9 Å². The van der Waals surface area contributed by atoms with E-state index < -0.39 is 47.6 Å². The van der Waals surface area contributed by atoms with Gasteiger partial charge in [-0.15, -0.1) is 0 Å². The average Bonchev–Trinajstić information content (AvgIpc) is 3.60. The van der Waals surface area contributed by atoms with E-state index in [4.69, 9.17) is 9.15 Å². The van der Waals surface area contributed by atoms with Crippen molar-refractivity contribution in [2.24, 2.45) is 11.8 Å². The molecule has 5 atom stereocenters. The first-order chi connectivity index (χ1) is 19.9. The summed E-state index contributed by atoms with van der Waals surface area (Å²) in [5, 5.41) is 29.8. The van der Waals surface area contributed by atoms with Crippen LogP contribution in [-0.4, -0.2) is 51.4 Å². The van der Waals surface area contributed by atoms with Gasteiger partial charge in [0.15, 0.2) is 17.7 Å². The molecule has 220 valence electrons. The van der Waals surface area contributed by atoms with Crippen molar-refractivity contribution in [2.45, 2.75) is 63.9 Å². The summed E-state index contributed by atoms with van der Waals surface area (Å²) < 4.78 is 13.6. The molecule has 2 aromatic carbocycles. The van der Waals surface area contributed by atoms with Gasteiger partial charge < -0.3 is 35.3 Å². The van der Waals surface area contributed by atoms with Crippen molar-refractivity contribution in [1.29, 1.82) is 0 Å². The number of aromatic nitrogens is 1. The van der Waals surface area contributed by atoms with Crippen molar-refractivity contribution in [3.63, 3.8) is 0 Å². The Labute approximate surface area is 250 Å². The number of aliphatic hydroxyl groups excluding tert-OH is 1. The molecule has 2 amide bonds. The summed E-state index contributed by atoms with van der Waals surface area (Å²) in [6.45, 7) is 7.12. The van der Waals surface area contributed by atoms with E-state index >= 15 is 0 Å². The maximum atomic E-state index is 13.7. The quantitative estimate of drug-likeness (QED) is 0.281. The largest absolute Gasteiger partial charge is 0.476 e. The summed E-state index contributed by atoms with van der Waals surface area (Å²) in [6.07, 6.45) is -1.94. The second-order valence-corrected chi connectivity index (χ2v) is 12.5. The fraction of sp³-hybridized carbons (Fsp3) is 0.400. The number of carboxylic acids is 1. The lowest BCUT2D eigenvalue weighted by atomic mass is 9.72. The monoisotopic (exact) mass is 638 g/mol. The van der Waals surface area contributed by atoms with Crippen molar-refractivity contribution < 1.29 is 33.8 Å². The highest BCUT2D eigenvalue weighted by Gasteiger charge is 2.61. The summed E-state index contributed by atoms with van der Waals surface area (Å²) in [7, 11) is 0. The number of carboxylic acid groups (broad SMARTS) is 1. The van der Waals surface area contributed by atoms with Crippen LogP contribution in [0.2, 0.25) is 0 Å². The van der Waals surface area contributed by atoms with Gasteiger partial charge in [0.25, 0.3) is 0 Å². The number of hydrogen-bond acceptors (Lipinski definition) is 8. The Morgan fingerprint density at radius 1 is 1.14 bits per heavy atom. The van der Waals surface area contributed by atoms with Crippen LogP contribution in [0.3, 0.4) is 0 Å². The number of carbonyl (C=O) groups excluding carboxylic acids is 2. The molecule has 4 bridgehead atoms.